The second kappa shape index (κ2) is 14.6. The summed E-state index contributed by atoms with van der Waals surface area (Å²) in [7, 11) is 0. The number of aromatic nitrogens is 2. The van der Waals surface area contributed by atoms with Crippen LogP contribution in [-0.4, -0.2) is 98.8 Å². The summed E-state index contributed by atoms with van der Waals surface area (Å²) in [5, 5.41) is 48.5. The molecule has 1 heterocycles. The molecule has 4 aromatic rings. The van der Waals surface area contributed by atoms with Gasteiger partial charge >= 0.3 is 23.9 Å². The SMILES string of the molecule is O=C(O)CN(CC(=O)O)c1ccc(F)cc1OCCOc1cc(-c2nc3ccccc3c(=O)[nH]2)c(O)cc1N(CC(=O)O)CC(=O)O. The van der Waals surface area contributed by atoms with E-state index in [4.69, 9.17) is 9.47 Å². The van der Waals surface area contributed by atoms with Gasteiger partial charge in [0.1, 0.15) is 68.3 Å². The van der Waals surface area contributed by atoms with Gasteiger partial charge in [-0.3, -0.25) is 24.0 Å². The molecule has 0 radical (unpaired) electrons. The van der Waals surface area contributed by atoms with Crippen LogP contribution in [0, 0.1) is 5.82 Å². The Morgan fingerprint density at radius 2 is 1.28 bits per heavy atom. The van der Waals surface area contributed by atoms with Gasteiger partial charge in [-0.1, -0.05) is 12.1 Å². The summed E-state index contributed by atoms with van der Waals surface area (Å²) in [5.74, 6) is -7.20. The van der Waals surface area contributed by atoms with Crippen molar-refractivity contribution in [3.63, 3.8) is 0 Å². The predicted molar refractivity (Wildman–Crippen MR) is 162 cm³/mol. The molecule has 246 valence electrons. The first-order chi connectivity index (χ1) is 22.3. The lowest BCUT2D eigenvalue weighted by atomic mass is 10.1. The average Bonchev–Trinajstić information content (AvgIpc) is 2.98. The van der Waals surface area contributed by atoms with E-state index in [1.807, 2.05) is 0 Å². The van der Waals surface area contributed by atoms with Crippen molar-refractivity contribution in [3.05, 3.63) is 70.8 Å². The summed E-state index contributed by atoms with van der Waals surface area (Å²) in [6, 6.07) is 11.7. The molecule has 0 aliphatic carbocycles. The number of carbonyl (C=O) groups is 4. The maximum absolute atomic E-state index is 14.1. The van der Waals surface area contributed by atoms with E-state index in [0.29, 0.717) is 5.52 Å². The molecule has 0 aliphatic rings. The molecule has 0 bridgehead atoms. The minimum absolute atomic E-state index is 0.0377. The number of fused-ring (bicyclic) bond motifs is 1. The lowest BCUT2D eigenvalue weighted by molar-refractivity contribution is -0.138. The van der Waals surface area contributed by atoms with Crippen molar-refractivity contribution in [2.75, 3.05) is 49.2 Å². The molecule has 0 atom stereocenters. The second-order valence-corrected chi connectivity index (χ2v) is 9.86. The van der Waals surface area contributed by atoms with E-state index < -0.39 is 67.2 Å². The molecule has 0 saturated carbocycles. The number of carboxylic acid groups (broad SMARTS) is 4. The molecule has 0 spiro atoms. The Labute approximate surface area is 263 Å². The summed E-state index contributed by atoms with van der Waals surface area (Å²) in [4.78, 5) is 67.2. The number of para-hydroxylation sites is 1. The van der Waals surface area contributed by atoms with Gasteiger partial charge in [-0.05, 0) is 30.3 Å². The third-order valence-electron chi connectivity index (χ3n) is 6.45. The number of benzene rings is 3. The fourth-order valence-corrected chi connectivity index (χ4v) is 4.60. The van der Waals surface area contributed by atoms with E-state index in [-0.39, 0.29) is 52.9 Å². The third-order valence-corrected chi connectivity index (χ3v) is 6.45. The summed E-state index contributed by atoms with van der Waals surface area (Å²) in [5.41, 5.74) is -0.462. The fraction of sp³-hybridized carbons (Fsp3) is 0.200. The van der Waals surface area contributed by atoms with E-state index in [0.717, 1.165) is 34.1 Å². The van der Waals surface area contributed by atoms with Crippen molar-refractivity contribution >= 4 is 46.2 Å². The zero-order valence-corrected chi connectivity index (χ0v) is 24.3. The molecule has 1 aromatic heterocycles. The first-order valence-corrected chi connectivity index (χ1v) is 13.6. The number of anilines is 2. The Kier molecular flexibility index (Phi) is 10.4. The van der Waals surface area contributed by atoms with Gasteiger partial charge in [-0.15, -0.1) is 0 Å². The number of halogens is 1. The Balaban J connectivity index is 1.68. The largest absolute Gasteiger partial charge is 0.507 e. The molecule has 3 aromatic carbocycles. The van der Waals surface area contributed by atoms with Crippen LogP contribution in [0.15, 0.2) is 59.4 Å². The van der Waals surface area contributed by atoms with E-state index in [2.05, 4.69) is 9.97 Å². The van der Waals surface area contributed by atoms with Crippen molar-refractivity contribution < 1.29 is 58.6 Å². The Hall–Kier alpha value is -6.39. The number of aliphatic carboxylic acids is 4. The van der Waals surface area contributed by atoms with Crippen molar-refractivity contribution in [1.29, 1.82) is 0 Å². The van der Waals surface area contributed by atoms with Gasteiger partial charge in [0.15, 0.2) is 0 Å². The maximum Gasteiger partial charge on any atom is 0.323 e. The highest BCUT2D eigenvalue weighted by atomic mass is 19.1. The number of aromatic amines is 1. The zero-order valence-electron chi connectivity index (χ0n) is 24.3. The summed E-state index contributed by atoms with van der Waals surface area (Å²) >= 11 is 0. The fourth-order valence-electron chi connectivity index (χ4n) is 4.60. The molecule has 0 aliphatic heterocycles. The number of H-pyrrole nitrogens is 1. The monoisotopic (exact) mass is 654 g/mol. The standard InChI is InChI=1S/C30H27FN4O12/c31-16-5-6-20(34(12-25(37)38)13-26(39)40)23(9-16)46-7-8-47-24-10-18(29-32-19-4-2-1-3-17(19)30(45)33-29)22(36)11-21(24)35(14-27(41)42)15-28(43)44/h1-6,9-11,36H,7-8,12-15H2,(H,37,38)(H,39,40)(H,41,42)(H,43,44)(H,32,33,45). The average molecular weight is 655 g/mol. The maximum atomic E-state index is 14.1. The van der Waals surface area contributed by atoms with E-state index in [1.54, 1.807) is 24.3 Å². The van der Waals surface area contributed by atoms with Gasteiger partial charge in [-0.2, -0.15) is 0 Å². The van der Waals surface area contributed by atoms with E-state index >= 15 is 0 Å². The molecule has 17 heteroatoms. The normalized spacial score (nSPS) is 10.7. The number of ether oxygens (including phenoxy) is 2. The molecule has 0 unspecified atom stereocenters. The molecule has 0 saturated heterocycles. The second-order valence-electron chi connectivity index (χ2n) is 9.86. The van der Waals surface area contributed by atoms with Crippen molar-refractivity contribution in [2.45, 2.75) is 0 Å². The number of aromatic hydroxyl groups is 1. The topological polar surface area (TPSA) is 240 Å². The van der Waals surface area contributed by atoms with Crippen molar-refractivity contribution in [3.8, 4) is 28.6 Å². The molecular formula is C30H27FN4O12. The Bertz CT molecular complexity index is 1860. The molecular weight excluding hydrogens is 627 g/mol. The third kappa shape index (κ3) is 8.62. The number of nitrogens with zero attached hydrogens (tertiary/aromatic N) is 3. The lowest BCUT2D eigenvalue weighted by Gasteiger charge is -2.25. The Morgan fingerprint density at radius 1 is 0.745 bits per heavy atom. The Morgan fingerprint density at radius 3 is 1.85 bits per heavy atom. The number of hydrogen-bond donors (Lipinski definition) is 6. The van der Waals surface area contributed by atoms with Gasteiger partial charge in [0.25, 0.3) is 5.56 Å². The summed E-state index contributed by atoms with van der Waals surface area (Å²) in [6.07, 6.45) is 0. The quantitative estimate of drug-likeness (QED) is 0.0945. The number of carboxylic acids is 4. The zero-order chi connectivity index (χ0) is 34.2. The van der Waals surface area contributed by atoms with Gasteiger partial charge in [0, 0.05) is 12.1 Å². The molecule has 47 heavy (non-hydrogen) atoms. The van der Waals surface area contributed by atoms with Crippen LogP contribution in [0.1, 0.15) is 0 Å². The predicted octanol–water partition coefficient (Wildman–Crippen LogP) is 1.84. The van der Waals surface area contributed by atoms with Crippen molar-refractivity contribution in [1.82, 2.24) is 9.97 Å². The van der Waals surface area contributed by atoms with Gasteiger partial charge < -0.3 is 49.8 Å². The summed E-state index contributed by atoms with van der Waals surface area (Å²) in [6.45, 7) is -3.81. The highest BCUT2D eigenvalue weighted by Gasteiger charge is 2.23. The van der Waals surface area contributed by atoms with Crippen LogP contribution in [0.25, 0.3) is 22.3 Å². The molecule has 4 rings (SSSR count). The van der Waals surface area contributed by atoms with Crippen LogP contribution < -0.4 is 24.8 Å². The number of rotatable bonds is 16. The van der Waals surface area contributed by atoms with Crippen LogP contribution in [0.3, 0.4) is 0 Å². The van der Waals surface area contributed by atoms with E-state index in [1.165, 1.54) is 6.07 Å². The van der Waals surface area contributed by atoms with Crippen LogP contribution >= 0.6 is 0 Å². The number of phenolic OH excluding ortho intramolecular Hbond substituents is 1. The first kappa shape index (κ1) is 33.5. The smallest absolute Gasteiger partial charge is 0.323 e. The minimum atomic E-state index is -1.39. The summed E-state index contributed by atoms with van der Waals surface area (Å²) < 4.78 is 25.5. The van der Waals surface area contributed by atoms with Crippen LogP contribution in [0.5, 0.6) is 17.2 Å². The minimum Gasteiger partial charge on any atom is -0.507 e. The number of nitrogens with one attached hydrogen (secondary N) is 1. The highest BCUT2D eigenvalue weighted by molar-refractivity contribution is 5.85. The molecule has 16 nitrogen and oxygen atoms in total. The van der Waals surface area contributed by atoms with Gasteiger partial charge in [-0.25, -0.2) is 9.37 Å². The molecule has 0 fully saturated rings. The van der Waals surface area contributed by atoms with Crippen molar-refractivity contribution in [2.24, 2.45) is 0 Å². The number of hydrogen-bond acceptors (Lipinski definition) is 11. The molecule has 6 N–H and O–H groups in total. The van der Waals surface area contributed by atoms with Gasteiger partial charge in [0.05, 0.1) is 27.8 Å². The highest BCUT2D eigenvalue weighted by Crippen LogP contribution is 2.39. The first-order valence-electron chi connectivity index (χ1n) is 13.6. The van der Waals surface area contributed by atoms with Crippen LogP contribution in [0.4, 0.5) is 15.8 Å². The molecule has 0 amide bonds. The number of phenols is 1. The van der Waals surface area contributed by atoms with Crippen LogP contribution in [0.2, 0.25) is 0 Å². The van der Waals surface area contributed by atoms with Crippen LogP contribution in [-0.2, 0) is 19.2 Å². The van der Waals surface area contributed by atoms with Gasteiger partial charge in [0.2, 0.25) is 0 Å². The lowest BCUT2D eigenvalue weighted by Crippen LogP contribution is -2.35. The van der Waals surface area contributed by atoms with E-state index in [9.17, 15) is 53.9 Å².